The molecule has 232 valence electrons. The van der Waals surface area contributed by atoms with Gasteiger partial charge in [-0.1, -0.05) is 36.4 Å². The van der Waals surface area contributed by atoms with Gasteiger partial charge in [0.25, 0.3) is 5.91 Å². The third-order valence-corrected chi connectivity index (χ3v) is 8.36. The number of halogens is 1. The van der Waals surface area contributed by atoms with Crippen LogP contribution in [0.2, 0.25) is 0 Å². The molecule has 2 heterocycles. The first kappa shape index (κ1) is 30.0. The van der Waals surface area contributed by atoms with Gasteiger partial charge in [-0.15, -0.1) is 0 Å². The first-order chi connectivity index (χ1) is 21.7. The van der Waals surface area contributed by atoms with Gasteiger partial charge in [0.1, 0.15) is 5.82 Å². The Kier molecular flexibility index (Phi) is 8.57. The predicted octanol–water partition coefficient (Wildman–Crippen LogP) is 5.41. The van der Waals surface area contributed by atoms with Crippen LogP contribution in [0.1, 0.15) is 33.9 Å². The molecule has 6 rings (SSSR count). The summed E-state index contributed by atoms with van der Waals surface area (Å²) in [6.07, 6.45) is -0.369. The molecular formula is C35H35FN4O5. The first-order valence-electron chi connectivity index (χ1n) is 14.9. The lowest BCUT2D eigenvalue weighted by atomic mass is 9.98. The van der Waals surface area contributed by atoms with E-state index >= 15 is 0 Å². The first-order valence-corrected chi connectivity index (χ1v) is 14.9. The summed E-state index contributed by atoms with van der Waals surface area (Å²) in [6, 6.07) is 23.4. The summed E-state index contributed by atoms with van der Waals surface area (Å²) in [5, 5.41) is 9.88. The number of aliphatic carboxylic acids is 1. The van der Waals surface area contributed by atoms with E-state index in [4.69, 9.17) is 15.2 Å². The Hall–Kier alpha value is -5.09. The average Bonchev–Trinajstić information content (AvgIpc) is 3.52. The Bertz CT molecular complexity index is 1710. The van der Waals surface area contributed by atoms with Crippen LogP contribution < -0.4 is 20.1 Å². The fourth-order valence-electron chi connectivity index (χ4n) is 5.89. The summed E-state index contributed by atoms with van der Waals surface area (Å²) < 4.78 is 24.8. The molecule has 0 spiro atoms. The van der Waals surface area contributed by atoms with Crippen LogP contribution in [-0.2, 0) is 11.3 Å². The number of nitrogen functional groups attached to an aromatic ring is 1. The van der Waals surface area contributed by atoms with Gasteiger partial charge in [0.15, 0.2) is 11.5 Å². The lowest BCUT2D eigenvalue weighted by Crippen LogP contribution is -2.44. The zero-order chi connectivity index (χ0) is 31.5. The number of amides is 1. The van der Waals surface area contributed by atoms with Crippen molar-refractivity contribution in [3.8, 4) is 22.6 Å². The van der Waals surface area contributed by atoms with Crippen LogP contribution in [0.15, 0.2) is 84.9 Å². The third-order valence-electron chi connectivity index (χ3n) is 8.36. The normalized spacial score (nSPS) is 15.1. The highest BCUT2D eigenvalue weighted by molar-refractivity contribution is 5.95. The molecule has 1 amide bonds. The molecule has 1 unspecified atom stereocenters. The van der Waals surface area contributed by atoms with Gasteiger partial charge in [0.2, 0.25) is 6.79 Å². The van der Waals surface area contributed by atoms with Crippen LogP contribution in [-0.4, -0.2) is 66.8 Å². The Morgan fingerprint density at radius 2 is 1.64 bits per heavy atom. The zero-order valence-corrected chi connectivity index (χ0v) is 25.0. The summed E-state index contributed by atoms with van der Waals surface area (Å²) in [4.78, 5) is 32.4. The topological polar surface area (TPSA) is 109 Å². The van der Waals surface area contributed by atoms with Crippen molar-refractivity contribution in [1.82, 2.24) is 9.80 Å². The van der Waals surface area contributed by atoms with Crippen molar-refractivity contribution in [1.29, 1.82) is 0 Å². The molecule has 3 N–H and O–H groups in total. The van der Waals surface area contributed by atoms with E-state index < -0.39 is 23.7 Å². The maximum absolute atomic E-state index is 14.2. The van der Waals surface area contributed by atoms with E-state index in [1.165, 1.54) is 29.2 Å². The Labute approximate surface area is 261 Å². The van der Waals surface area contributed by atoms with Crippen LogP contribution in [0, 0.1) is 5.82 Å². The van der Waals surface area contributed by atoms with E-state index in [0.717, 1.165) is 48.6 Å². The maximum atomic E-state index is 14.2. The minimum absolute atomic E-state index is 0.0571. The van der Waals surface area contributed by atoms with E-state index in [2.05, 4.69) is 22.9 Å². The highest BCUT2D eigenvalue weighted by Gasteiger charge is 2.30. The van der Waals surface area contributed by atoms with Crippen molar-refractivity contribution in [3.63, 3.8) is 0 Å². The quantitative estimate of drug-likeness (QED) is 0.242. The van der Waals surface area contributed by atoms with Gasteiger partial charge in [0.05, 0.1) is 23.8 Å². The predicted molar refractivity (Wildman–Crippen MR) is 170 cm³/mol. The van der Waals surface area contributed by atoms with E-state index in [-0.39, 0.29) is 19.8 Å². The number of hydrogen-bond donors (Lipinski definition) is 2. The Balaban J connectivity index is 1.33. The molecule has 1 atom stereocenters. The molecule has 9 nitrogen and oxygen atoms in total. The second-order valence-corrected chi connectivity index (χ2v) is 11.4. The number of piperazine rings is 1. The minimum atomic E-state index is -1.09. The fraction of sp³-hybridized carbons (Fsp3) is 0.257. The number of nitrogens with two attached hydrogens (primary N) is 1. The molecule has 4 aromatic carbocycles. The molecule has 10 heteroatoms. The van der Waals surface area contributed by atoms with Crippen molar-refractivity contribution in [2.75, 3.05) is 50.7 Å². The minimum Gasteiger partial charge on any atom is -0.481 e. The van der Waals surface area contributed by atoms with Crippen molar-refractivity contribution < 1.29 is 28.6 Å². The summed E-state index contributed by atoms with van der Waals surface area (Å²) in [6.45, 7) is 3.94. The monoisotopic (exact) mass is 610 g/mol. The van der Waals surface area contributed by atoms with Crippen LogP contribution in [0.3, 0.4) is 0 Å². The smallest absolute Gasteiger partial charge is 0.305 e. The largest absolute Gasteiger partial charge is 0.481 e. The van der Waals surface area contributed by atoms with Gasteiger partial charge in [-0.05, 0) is 77.8 Å². The number of carbonyl (C=O) groups is 2. The molecule has 2 aliphatic rings. The van der Waals surface area contributed by atoms with E-state index in [0.29, 0.717) is 28.3 Å². The van der Waals surface area contributed by atoms with Crippen molar-refractivity contribution >= 4 is 23.3 Å². The zero-order valence-electron chi connectivity index (χ0n) is 25.0. The lowest BCUT2D eigenvalue weighted by molar-refractivity contribution is -0.138. The molecule has 0 saturated carbocycles. The number of rotatable bonds is 9. The molecule has 4 aromatic rings. The third kappa shape index (κ3) is 6.71. The number of nitrogens with zero attached hydrogens (tertiary/aromatic N) is 3. The standard InChI is InChI=1S/C35H35FN4O5/c1-38-13-15-39(16-14-38)30-11-7-26(18-29(30)37)25-4-2-3-23(17-25)21-40(31(20-34(41)42)24-5-9-28(36)10-6-24)35(43)27-8-12-32-33(19-27)45-22-44-32/h2-12,17-19,31H,13-16,20-22,37H2,1H3,(H,41,42). The van der Waals surface area contributed by atoms with Crippen LogP contribution >= 0.6 is 0 Å². The molecular weight excluding hydrogens is 575 g/mol. The number of carboxylic acids is 1. The number of carbonyl (C=O) groups excluding carboxylic acids is 1. The van der Waals surface area contributed by atoms with Gasteiger partial charge < -0.3 is 35.0 Å². The highest BCUT2D eigenvalue weighted by atomic mass is 19.1. The lowest BCUT2D eigenvalue weighted by Gasteiger charge is -2.34. The van der Waals surface area contributed by atoms with Gasteiger partial charge in [-0.3, -0.25) is 9.59 Å². The molecule has 2 aliphatic heterocycles. The second kappa shape index (κ2) is 12.9. The molecule has 1 fully saturated rings. The Morgan fingerprint density at radius 3 is 2.38 bits per heavy atom. The maximum Gasteiger partial charge on any atom is 0.305 e. The van der Waals surface area contributed by atoms with E-state index in [1.807, 2.05) is 36.4 Å². The number of hydrogen-bond acceptors (Lipinski definition) is 7. The summed E-state index contributed by atoms with van der Waals surface area (Å²) in [5.74, 6) is -0.957. The Morgan fingerprint density at radius 1 is 0.911 bits per heavy atom. The van der Waals surface area contributed by atoms with E-state index in [9.17, 15) is 19.1 Å². The van der Waals surface area contributed by atoms with Crippen LogP contribution in [0.5, 0.6) is 11.5 Å². The second-order valence-electron chi connectivity index (χ2n) is 11.4. The average molecular weight is 611 g/mol. The van der Waals surface area contributed by atoms with Crippen molar-refractivity contribution in [3.05, 3.63) is 107 Å². The van der Waals surface area contributed by atoms with Crippen LogP contribution in [0.25, 0.3) is 11.1 Å². The SMILES string of the molecule is CN1CCN(c2ccc(-c3cccc(CN(C(=O)c4ccc5c(c4)OCO5)C(CC(=O)O)c4ccc(F)cc4)c3)cc2N)CC1. The van der Waals surface area contributed by atoms with Crippen molar-refractivity contribution in [2.45, 2.75) is 19.0 Å². The summed E-state index contributed by atoms with van der Waals surface area (Å²) >= 11 is 0. The molecule has 0 radical (unpaired) electrons. The fourth-order valence-corrected chi connectivity index (χ4v) is 5.89. The molecule has 0 bridgehead atoms. The van der Waals surface area contributed by atoms with Crippen LogP contribution in [0.4, 0.5) is 15.8 Å². The number of benzene rings is 4. The highest BCUT2D eigenvalue weighted by Crippen LogP contribution is 2.36. The summed E-state index contributed by atoms with van der Waals surface area (Å²) in [5.41, 5.74) is 11.7. The number of carboxylic acid groups (broad SMARTS) is 1. The number of anilines is 2. The van der Waals surface area contributed by atoms with Gasteiger partial charge in [-0.25, -0.2) is 4.39 Å². The molecule has 45 heavy (non-hydrogen) atoms. The number of ether oxygens (including phenoxy) is 2. The van der Waals surface area contributed by atoms with Gasteiger partial charge in [0, 0.05) is 38.3 Å². The molecule has 0 aliphatic carbocycles. The summed E-state index contributed by atoms with van der Waals surface area (Å²) in [7, 11) is 2.12. The molecule has 1 saturated heterocycles. The number of likely N-dealkylation sites (N-methyl/N-ethyl adjacent to an activating group) is 1. The van der Waals surface area contributed by atoms with Gasteiger partial charge >= 0.3 is 5.97 Å². The molecule has 0 aromatic heterocycles. The van der Waals surface area contributed by atoms with Gasteiger partial charge in [-0.2, -0.15) is 0 Å². The number of fused-ring (bicyclic) bond motifs is 1. The van der Waals surface area contributed by atoms with Crippen molar-refractivity contribution in [2.24, 2.45) is 0 Å². The van der Waals surface area contributed by atoms with E-state index in [1.54, 1.807) is 18.2 Å².